The van der Waals surface area contributed by atoms with E-state index in [0.717, 1.165) is 44.3 Å². The van der Waals surface area contributed by atoms with E-state index in [1.807, 2.05) is 17.9 Å². The summed E-state index contributed by atoms with van der Waals surface area (Å²) in [5, 5.41) is 12.6. The maximum absolute atomic E-state index is 12.4. The Labute approximate surface area is 142 Å². The SMILES string of the molecule is Cc1cc(C(=O)N2CCCC2)ccc1NC(=O)N1CCC[C@H](O)C1. The molecule has 2 N–H and O–H groups in total. The van der Waals surface area contributed by atoms with Crippen LogP contribution in [0.5, 0.6) is 0 Å². The fraction of sp³-hybridized carbons (Fsp3) is 0.556. The molecule has 130 valence electrons. The molecular weight excluding hydrogens is 306 g/mol. The summed E-state index contributed by atoms with van der Waals surface area (Å²) in [6, 6.07) is 5.20. The molecule has 6 nitrogen and oxygen atoms in total. The van der Waals surface area contributed by atoms with Gasteiger partial charge in [-0.05, 0) is 56.4 Å². The number of carbonyl (C=O) groups is 2. The zero-order valence-electron chi connectivity index (χ0n) is 14.1. The van der Waals surface area contributed by atoms with Crippen LogP contribution in [0.3, 0.4) is 0 Å². The van der Waals surface area contributed by atoms with Crippen LogP contribution in [0.15, 0.2) is 18.2 Å². The van der Waals surface area contributed by atoms with Gasteiger partial charge in [0.25, 0.3) is 5.91 Å². The topological polar surface area (TPSA) is 72.9 Å². The molecule has 0 bridgehead atoms. The van der Waals surface area contributed by atoms with Crippen LogP contribution < -0.4 is 5.32 Å². The van der Waals surface area contributed by atoms with Crippen LogP contribution >= 0.6 is 0 Å². The molecule has 1 aromatic carbocycles. The second kappa shape index (κ2) is 7.21. The molecule has 2 fully saturated rings. The van der Waals surface area contributed by atoms with Gasteiger partial charge in [0, 0.05) is 37.4 Å². The number of nitrogens with one attached hydrogen (secondary N) is 1. The van der Waals surface area contributed by atoms with E-state index in [1.165, 1.54) is 0 Å². The van der Waals surface area contributed by atoms with E-state index in [-0.39, 0.29) is 11.9 Å². The van der Waals surface area contributed by atoms with Crippen molar-refractivity contribution in [1.29, 1.82) is 0 Å². The van der Waals surface area contributed by atoms with Crippen molar-refractivity contribution in [2.45, 2.75) is 38.7 Å². The molecule has 3 rings (SSSR count). The van der Waals surface area contributed by atoms with E-state index in [9.17, 15) is 14.7 Å². The summed E-state index contributed by atoms with van der Waals surface area (Å²) in [6.07, 6.45) is 3.26. The van der Waals surface area contributed by atoms with E-state index in [0.29, 0.717) is 24.3 Å². The van der Waals surface area contributed by atoms with Crippen molar-refractivity contribution in [3.63, 3.8) is 0 Å². The third-order valence-corrected chi connectivity index (χ3v) is 4.79. The summed E-state index contributed by atoms with van der Waals surface area (Å²) in [4.78, 5) is 28.3. The van der Waals surface area contributed by atoms with Gasteiger partial charge in [-0.1, -0.05) is 0 Å². The number of benzene rings is 1. The van der Waals surface area contributed by atoms with Crippen molar-refractivity contribution >= 4 is 17.6 Å². The lowest BCUT2D eigenvalue weighted by Gasteiger charge is -2.30. The summed E-state index contributed by atoms with van der Waals surface area (Å²) < 4.78 is 0. The van der Waals surface area contributed by atoms with Crippen LogP contribution in [-0.4, -0.2) is 59.1 Å². The number of aliphatic hydroxyl groups is 1. The fourth-order valence-corrected chi connectivity index (χ4v) is 3.37. The molecule has 0 spiro atoms. The number of rotatable bonds is 2. The minimum Gasteiger partial charge on any atom is -0.391 e. The van der Waals surface area contributed by atoms with Crippen LogP contribution in [0.1, 0.15) is 41.6 Å². The van der Waals surface area contributed by atoms with E-state index in [1.54, 1.807) is 17.0 Å². The number of anilines is 1. The molecule has 1 aromatic rings. The largest absolute Gasteiger partial charge is 0.391 e. The number of aryl methyl sites for hydroxylation is 1. The van der Waals surface area contributed by atoms with Gasteiger partial charge < -0.3 is 20.2 Å². The zero-order valence-corrected chi connectivity index (χ0v) is 14.1. The van der Waals surface area contributed by atoms with Gasteiger partial charge in [-0.15, -0.1) is 0 Å². The maximum atomic E-state index is 12.4. The molecule has 2 saturated heterocycles. The lowest BCUT2D eigenvalue weighted by atomic mass is 10.1. The first-order valence-corrected chi connectivity index (χ1v) is 8.68. The van der Waals surface area contributed by atoms with Crippen molar-refractivity contribution in [1.82, 2.24) is 9.80 Å². The molecule has 2 aliphatic heterocycles. The highest BCUT2D eigenvalue weighted by Crippen LogP contribution is 2.20. The number of β-amino-alcohol motifs (C(OH)–C–C–N with tert-alkyl or cyclic N) is 1. The van der Waals surface area contributed by atoms with E-state index in [4.69, 9.17) is 0 Å². The highest BCUT2D eigenvalue weighted by Gasteiger charge is 2.23. The Kier molecular flexibility index (Phi) is 5.04. The van der Waals surface area contributed by atoms with E-state index in [2.05, 4.69) is 5.32 Å². The van der Waals surface area contributed by atoms with Crippen LogP contribution in [0.4, 0.5) is 10.5 Å². The van der Waals surface area contributed by atoms with Crippen LogP contribution in [0.2, 0.25) is 0 Å². The quantitative estimate of drug-likeness (QED) is 0.873. The van der Waals surface area contributed by atoms with Gasteiger partial charge in [-0.3, -0.25) is 4.79 Å². The molecule has 6 heteroatoms. The van der Waals surface area contributed by atoms with Crippen molar-refractivity contribution < 1.29 is 14.7 Å². The van der Waals surface area contributed by atoms with Gasteiger partial charge in [0.2, 0.25) is 0 Å². The molecule has 0 radical (unpaired) electrons. The van der Waals surface area contributed by atoms with Crippen molar-refractivity contribution in [3.05, 3.63) is 29.3 Å². The number of aliphatic hydroxyl groups excluding tert-OH is 1. The fourth-order valence-electron chi connectivity index (χ4n) is 3.37. The standard InChI is InChI=1S/C18H25N3O3/c1-13-11-14(17(23)20-8-2-3-9-20)6-7-16(13)19-18(24)21-10-4-5-15(22)12-21/h6-7,11,15,22H,2-5,8-10,12H2,1H3,(H,19,24)/t15-/m0/s1. The molecule has 0 saturated carbocycles. The summed E-state index contributed by atoms with van der Waals surface area (Å²) in [5.41, 5.74) is 2.24. The van der Waals surface area contributed by atoms with E-state index < -0.39 is 6.10 Å². The normalized spacial score (nSPS) is 21.0. The molecule has 2 heterocycles. The summed E-state index contributed by atoms with van der Waals surface area (Å²) in [7, 11) is 0. The van der Waals surface area contributed by atoms with Crippen molar-refractivity contribution in [2.24, 2.45) is 0 Å². The van der Waals surface area contributed by atoms with Gasteiger partial charge in [0.15, 0.2) is 0 Å². The average Bonchev–Trinajstić information content (AvgIpc) is 3.10. The third kappa shape index (κ3) is 3.70. The van der Waals surface area contributed by atoms with Gasteiger partial charge in [0.05, 0.1) is 6.10 Å². The van der Waals surface area contributed by atoms with Crippen molar-refractivity contribution in [3.8, 4) is 0 Å². The van der Waals surface area contributed by atoms with Crippen LogP contribution in [0.25, 0.3) is 0 Å². The Morgan fingerprint density at radius 2 is 1.83 bits per heavy atom. The number of hydrogen-bond donors (Lipinski definition) is 2. The van der Waals surface area contributed by atoms with Gasteiger partial charge >= 0.3 is 6.03 Å². The predicted molar refractivity (Wildman–Crippen MR) is 92.1 cm³/mol. The second-order valence-corrected chi connectivity index (χ2v) is 6.70. The molecule has 2 aliphatic rings. The first-order valence-electron chi connectivity index (χ1n) is 8.68. The lowest BCUT2D eigenvalue weighted by Crippen LogP contribution is -2.44. The molecule has 0 aromatic heterocycles. The first-order chi connectivity index (χ1) is 11.5. The first kappa shape index (κ1) is 16.8. The van der Waals surface area contributed by atoms with Crippen LogP contribution in [0, 0.1) is 6.92 Å². The summed E-state index contributed by atoms with van der Waals surface area (Å²) >= 11 is 0. The van der Waals surface area contributed by atoms with Gasteiger partial charge in [0.1, 0.15) is 0 Å². The maximum Gasteiger partial charge on any atom is 0.321 e. The second-order valence-electron chi connectivity index (χ2n) is 6.70. The van der Waals surface area contributed by atoms with Crippen LogP contribution in [-0.2, 0) is 0 Å². The zero-order chi connectivity index (χ0) is 17.1. The molecular formula is C18H25N3O3. The summed E-state index contributed by atoms with van der Waals surface area (Å²) in [6.45, 7) is 4.58. The number of nitrogens with zero attached hydrogens (tertiary/aromatic N) is 2. The minimum absolute atomic E-state index is 0.0626. The van der Waals surface area contributed by atoms with Gasteiger partial charge in [-0.25, -0.2) is 4.79 Å². The van der Waals surface area contributed by atoms with Crippen molar-refractivity contribution in [2.75, 3.05) is 31.5 Å². The third-order valence-electron chi connectivity index (χ3n) is 4.79. The Bertz CT molecular complexity index is 626. The predicted octanol–water partition coefficient (Wildman–Crippen LogP) is 2.22. The Morgan fingerprint density at radius 1 is 1.12 bits per heavy atom. The van der Waals surface area contributed by atoms with E-state index >= 15 is 0 Å². The Morgan fingerprint density at radius 3 is 2.50 bits per heavy atom. The molecule has 24 heavy (non-hydrogen) atoms. The number of carbonyl (C=O) groups excluding carboxylic acids is 2. The minimum atomic E-state index is -0.439. The lowest BCUT2D eigenvalue weighted by molar-refractivity contribution is 0.0792. The summed E-state index contributed by atoms with van der Waals surface area (Å²) in [5.74, 6) is 0.0626. The monoisotopic (exact) mass is 331 g/mol. The number of likely N-dealkylation sites (tertiary alicyclic amines) is 2. The Balaban J connectivity index is 1.66. The highest BCUT2D eigenvalue weighted by atomic mass is 16.3. The molecule has 1 atom stereocenters. The highest BCUT2D eigenvalue weighted by molar-refractivity contribution is 5.96. The number of amides is 3. The molecule has 3 amide bonds. The van der Waals surface area contributed by atoms with Gasteiger partial charge in [-0.2, -0.15) is 0 Å². The Hall–Kier alpha value is -2.08. The number of piperidine rings is 1. The average molecular weight is 331 g/mol. The number of hydrogen-bond acceptors (Lipinski definition) is 3. The molecule has 0 unspecified atom stereocenters. The number of urea groups is 1. The smallest absolute Gasteiger partial charge is 0.321 e. The molecule has 0 aliphatic carbocycles.